The minimum absolute atomic E-state index is 0. The van der Waals surface area contributed by atoms with E-state index in [1.807, 2.05) is 31.2 Å². The number of aromatic nitrogens is 1. The van der Waals surface area contributed by atoms with Crippen molar-refractivity contribution in [1.82, 2.24) is 10.3 Å². The Hall–Kier alpha value is -1.43. The van der Waals surface area contributed by atoms with Gasteiger partial charge in [0, 0.05) is 18.2 Å². The van der Waals surface area contributed by atoms with Crippen LogP contribution in [-0.2, 0) is 0 Å². The lowest BCUT2D eigenvalue weighted by Crippen LogP contribution is -2.35. The molecule has 1 aromatic carbocycles. The normalized spacial score (nSPS) is 17.1. The lowest BCUT2D eigenvalue weighted by atomic mass is 10.0. The highest BCUT2D eigenvalue weighted by Gasteiger charge is 2.15. The SMILES string of the molecule is Cc1ccccc1C(=O)c1cnc(NCCC2CCCCN2)s1.Cl. The molecule has 0 amide bonds. The van der Waals surface area contributed by atoms with Crippen molar-refractivity contribution in [2.75, 3.05) is 18.4 Å². The summed E-state index contributed by atoms with van der Waals surface area (Å²) in [6, 6.07) is 8.30. The van der Waals surface area contributed by atoms with Gasteiger partial charge in [-0.25, -0.2) is 4.98 Å². The largest absolute Gasteiger partial charge is 0.361 e. The van der Waals surface area contributed by atoms with Gasteiger partial charge in [-0.1, -0.05) is 42.0 Å². The number of thiazole rings is 1. The Morgan fingerprint density at radius 3 is 2.96 bits per heavy atom. The first kappa shape index (κ1) is 18.9. The summed E-state index contributed by atoms with van der Waals surface area (Å²) in [6.45, 7) is 3.99. The van der Waals surface area contributed by atoms with E-state index in [-0.39, 0.29) is 18.2 Å². The van der Waals surface area contributed by atoms with Crippen LogP contribution in [0.3, 0.4) is 0 Å². The van der Waals surface area contributed by atoms with Crippen molar-refractivity contribution >= 4 is 34.7 Å². The first-order chi connectivity index (χ1) is 11.2. The monoisotopic (exact) mass is 365 g/mol. The number of ketones is 1. The van der Waals surface area contributed by atoms with E-state index in [1.165, 1.54) is 30.6 Å². The second kappa shape index (κ2) is 9.16. The maximum atomic E-state index is 12.5. The first-order valence-corrected chi connectivity index (χ1v) is 9.09. The number of hydrogen-bond donors (Lipinski definition) is 2. The highest BCUT2D eigenvalue weighted by molar-refractivity contribution is 7.17. The molecule has 6 heteroatoms. The molecule has 24 heavy (non-hydrogen) atoms. The molecule has 1 aliphatic heterocycles. The van der Waals surface area contributed by atoms with Crippen LogP contribution in [0.5, 0.6) is 0 Å². The molecule has 1 atom stereocenters. The predicted octanol–water partition coefficient (Wildman–Crippen LogP) is 4.05. The molecule has 0 spiro atoms. The Morgan fingerprint density at radius 1 is 1.38 bits per heavy atom. The van der Waals surface area contributed by atoms with Gasteiger partial charge in [-0.2, -0.15) is 0 Å². The number of anilines is 1. The Labute approximate surface area is 153 Å². The van der Waals surface area contributed by atoms with E-state index in [0.717, 1.165) is 35.8 Å². The van der Waals surface area contributed by atoms with E-state index in [4.69, 9.17) is 0 Å². The standard InChI is InChI=1S/C18H23N3OS.ClH/c1-13-6-2-3-8-15(13)17(22)16-12-21-18(23-16)20-11-9-14-7-4-5-10-19-14;/h2-3,6,8,12,14,19H,4-5,7,9-11H2,1H3,(H,20,21);1H. The van der Waals surface area contributed by atoms with E-state index in [9.17, 15) is 4.79 Å². The molecule has 1 unspecified atom stereocenters. The summed E-state index contributed by atoms with van der Waals surface area (Å²) in [5.74, 6) is 0.0580. The van der Waals surface area contributed by atoms with Crippen LogP contribution in [0.1, 0.15) is 46.5 Å². The number of aryl methyl sites for hydroxylation is 1. The number of rotatable bonds is 6. The number of benzene rings is 1. The summed E-state index contributed by atoms with van der Waals surface area (Å²) in [6.07, 6.45) is 6.66. The first-order valence-electron chi connectivity index (χ1n) is 8.27. The molecule has 0 radical (unpaired) electrons. The lowest BCUT2D eigenvalue weighted by molar-refractivity contribution is 0.104. The van der Waals surface area contributed by atoms with E-state index in [0.29, 0.717) is 10.9 Å². The number of nitrogens with zero attached hydrogens (tertiary/aromatic N) is 1. The summed E-state index contributed by atoms with van der Waals surface area (Å²) in [5, 5.41) is 7.73. The summed E-state index contributed by atoms with van der Waals surface area (Å²) in [7, 11) is 0. The minimum Gasteiger partial charge on any atom is -0.361 e. The third-order valence-electron chi connectivity index (χ3n) is 4.30. The summed E-state index contributed by atoms with van der Waals surface area (Å²) < 4.78 is 0. The van der Waals surface area contributed by atoms with Crippen LogP contribution < -0.4 is 10.6 Å². The van der Waals surface area contributed by atoms with Crippen molar-refractivity contribution in [3.63, 3.8) is 0 Å². The zero-order valence-corrected chi connectivity index (χ0v) is 15.5. The van der Waals surface area contributed by atoms with Crippen LogP contribution in [0.2, 0.25) is 0 Å². The average molecular weight is 366 g/mol. The van der Waals surface area contributed by atoms with Crippen molar-refractivity contribution in [2.45, 2.75) is 38.6 Å². The van der Waals surface area contributed by atoms with Gasteiger partial charge in [-0.3, -0.25) is 4.79 Å². The number of carbonyl (C=O) groups is 1. The third-order valence-corrected chi connectivity index (χ3v) is 5.25. The molecular formula is C18H24ClN3OS. The molecular weight excluding hydrogens is 342 g/mol. The molecule has 130 valence electrons. The molecule has 2 N–H and O–H groups in total. The van der Waals surface area contributed by atoms with Gasteiger partial charge in [0.2, 0.25) is 5.78 Å². The fourth-order valence-corrected chi connectivity index (χ4v) is 3.74. The van der Waals surface area contributed by atoms with Crippen molar-refractivity contribution in [3.8, 4) is 0 Å². The highest BCUT2D eigenvalue weighted by Crippen LogP contribution is 2.22. The van der Waals surface area contributed by atoms with Crippen molar-refractivity contribution in [2.24, 2.45) is 0 Å². The Balaban J connectivity index is 0.00000208. The van der Waals surface area contributed by atoms with Gasteiger partial charge < -0.3 is 10.6 Å². The van der Waals surface area contributed by atoms with Crippen LogP contribution in [0.15, 0.2) is 30.5 Å². The van der Waals surface area contributed by atoms with Crippen molar-refractivity contribution < 1.29 is 4.79 Å². The molecule has 3 rings (SSSR count). The van der Waals surface area contributed by atoms with Gasteiger partial charge in [-0.15, -0.1) is 12.4 Å². The zero-order chi connectivity index (χ0) is 16.1. The van der Waals surface area contributed by atoms with Gasteiger partial charge >= 0.3 is 0 Å². The Bertz CT molecular complexity index is 668. The molecule has 0 saturated carbocycles. The number of carbonyl (C=O) groups excluding carboxylic acids is 1. The summed E-state index contributed by atoms with van der Waals surface area (Å²) in [5.41, 5.74) is 1.76. The number of nitrogens with one attached hydrogen (secondary N) is 2. The number of hydrogen-bond acceptors (Lipinski definition) is 5. The molecule has 2 aromatic rings. The predicted molar refractivity (Wildman–Crippen MR) is 103 cm³/mol. The van der Waals surface area contributed by atoms with Gasteiger partial charge in [0.25, 0.3) is 0 Å². The fourth-order valence-electron chi connectivity index (χ4n) is 2.94. The van der Waals surface area contributed by atoms with E-state index >= 15 is 0 Å². The average Bonchev–Trinajstić information content (AvgIpc) is 3.05. The van der Waals surface area contributed by atoms with Gasteiger partial charge in [-0.05, 0) is 38.3 Å². The van der Waals surface area contributed by atoms with Crippen molar-refractivity contribution in [3.05, 3.63) is 46.5 Å². The zero-order valence-electron chi connectivity index (χ0n) is 13.9. The summed E-state index contributed by atoms with van der Waals surface area (Å²) in [4.78, 5) is 17.6. The van der Waals surface area contributed by atoms with Crippen LogP contribution in [0.4, 0.5) is 5.13 Å². The van der Waals surface area contributed by atoms with Crippen molar-refractivity contribution in [1.29, 1.82) is 0 Å². The maximum absolute atomic E-state index is 12.5. The van der Waals surface area contributed by atoms with Crippen LogP contribution in [0.25, 0.3) is 0 Å². The minimum atomic E-state index is 0. The topological polar surface area (TPSA) is 54.0 Å². The second-order valence-corrected chi connectivity index (χ2v) is 7.07. The number of halogens is 1. The fraction of sp³-hybridized carbons (Fsp3) is 0.444. The van der Waals surface area contributed by atoms with E-state index in [2.05, 4.69) is 15.6 Å². The summed E-state index contributed by atoms with van der Waals surface area (Å²) >= 11 is 1.44. The lowest BCUT2D eigenvalue weighted by Gasteiger charge is -2.23. The second-order valence-electron chi connectivity index (χ2n) is 6.04. The van der Waals surface area contributed by atoms with E-state index < -0.39 is 0 Å². The molecule has 1 aromatic heterocycles. The molecule has 1 fully saturated rings. The molecule has 1 aliphatic rings. The van der Waals surface area contributed by atoms with Gasteiger partial charge in [0.15, 0.2) is 5.13 Å². The van der Waals surface area contributed by atoms with E-state index in [1.54, 1.807) is 6.20 Å². The molecule has 2 heterocycles. The highest BCUT2D eigenvalue weighted by atomic mass is 35.5. The Morgan fingerprint density at radius 2 is 2.21 bits per heavy atom. The Kier molecular flexibility index (Phi) is 7.21. The smallest absolute Gasteiger partial charge is 0.204 e. The van der Waals surface area contributed by atoms with Crippen LogP contribution in [0, 0.1) is 6.92 Å². The molecule has 0 bridgehead atoms. The van der Waals surface area contributed by atoms with Crippen LogP contribution in [-0.4, -0.2) is 29.9 Å². The van der Waals surface area contributed by atoms with Gasteiger partial charge in [0.05, 0.1) is 11.1 Å². The van der Waals surface area contributed by atoms with Crippen LogP contribution >= 0.6 is 23.7 Å². The molecule has 4 nitrogen and oxygen atoms in total. The maximum Gasteiger partial charge on any atom is 0.204 e. The third kappa shape index (κ3) is 4.79. The molecule has 0 aliphatic carbocycles. The number of piperidine rings is 1. The quantitative estimate of drug-likeness (QED) is 0.758. The molecule has 1 saturated heterocycles. The van der Waals surface area contributed by atoms with Gasteiger partial charge in [0.1, 0.15) is 0 Å².